The molecule has 116 valence electrons. The molecule has 1 fully saturated rings. The molecule has 1 heterocycles. The third kappa shape index (κ3) is 4.72. The zero-order valence-corrected chi connectivity index (χ0v) is 13.1. The zero-order valence-electron chi connectivity index (χ0n) is 13.1. The number of nitrogens with one attached hydrogen (secondary N) is 2. The van der Waals surface area contributed by atoms with Crippen molar-refractivity contribution < 1.29 is 9.53 Å². The van der Waals surface area contributed by atoms with E-state index in [-0.39, 0.29) is 12.1 Å². The zero-order chi connectivity index (χ0) is 15.2. The van der Waals surface area contributed by atoms with Crippen LogP contribution in [0.15, 0.2) is 24.3 Å². The third-order valence-electron chi connectivity index (χ3n) is 3.66. The van der Waals surface area contributed by atoms with Gasteiger partial charge in [0.15, 0.2) is 0 Å². The van der Waals surface area contributed by atoms with Gasteiger partial charge in [-0.1, -0.05) is 12.1 Å². The van der Waals surface area contributed by atoms with Gasteiger partial charge in [0, 0.05) is 30.9 Å². The summed E-state index contributed by atoms with van der Waals surface area (Å²) in [6.07, 6.45) is 0. The topological polar surface area (TPSA) is 53.6 Å². The van der Waals surface area contributed by atoms with Crippen LogP contribution in [0.3, 0.4) is 0 Å². The number of benzene rings is 1. The summed E-state index contributed by atoms with van der Waals surface area (Å²) in [4.78, 5) is 14.1. The van der Waals surface area contributed by atoms with Crippen molar-refractivity contribution in [3.63, 3.8) is 0 Å². The highest BCUT2D eigenvalue weighted by molar-refractivity contribution is 5.89. The third-order valence-corrected chi connectivity index (χ3v) is 3.66. The van der Waals surface area contributed by atoms with Crippen LogP contribution >= 0.6 is 0 Å². The molecule has 5 nitrogen and oxygen atoms in total. The van der Waals surface area contributed by atoms with E-state index in [0.717, 1.165) is 32.0 Å². The van der Waals surface area contributed by atoms with Gasteiger partial charge in [-0.2, -0.15) is 0 Å². The molecule has 2 rings (SSSR count). The van der Waals surface area contributed by atoms with Gasteiger partial charge in [-0.05, 0) is 38.5 Å². The second-order valence-corrected chi connectivity index (χ2v) is 5.70. The predicted molar refractivity (Wildman–Crippen MR) is 84.5 cm³/mol. The molecule has 0 spiro atoms. The maximum atomic E-state index is 11.6. The Labute approximate surface area is 126 Å². The summed E-state index contributed by atoms with van der Waals surface area (Å²) in [5.41, 5.74) is 2.07. The summed E-state index contributed by atoms with van der Waals surface area (Å²) < 4.78 is 5.38. The first kappa shape index (κ1) is 15.8. The van der Waals surface area contributed by atoms with Crippen LogP contribution in [0.4, 0.5) is 10.5 Å². The van der Waals surface area contributed by atoms with Crippen LogP contribution in [0.1, 0.15) is 32.4 Å². The molecule has 1 unspecified atom stereocenters. The van der Waals surface area contributed by atoms with Gasteiger partial charge in [0.1, 0.15) is 0 Å². The molecule has 0 aliphatic carbocycles. The Balaban J connectivity index is 1.93. The molecule has 1 aromatic carbocycles. The lowest BCUT2D eigenvalue weighted by Crippen LogP contribution is -2.38. The standard InChI is InChI=1S/C16H25N3O2/c1-12(2)17-16(20)18-15-6-4-14(5-7-15)13(3)19-8-10-21-11-9-19/h4-7,12-13H,8-11H2,1-3H3,(H2,17,18,20). The summed E-state index contributed by atoms with van der Waals surface area (Å²) in [5, 5.41) is 5.64. The van der Waals surface area contributed by atoms with Crippen molar-refractivity contribution in [1.82, 2.24) is 10.2 Å². The number of hydrogen-bond donors (Lipinski definition) is 2. The molecule has 21 heavy (non-hydrogen) atoms. The monoisotopic (exact) mass is 291 g/mol. The van der Waals surface area contributed by atoms with Crippen LogP contribution in [-0.2, 0) is 4.74 Å². The quantitative estimate of drug-likeness (QED) is 0.896. The van der Waals surface area contributed by atoms with E-state index in [4.69, 9.17) is 4.74 Å². The first-order valence-corrected chi connectivity index (χ1v) is 7.55. The maximum absolute atomic E-state index is 11.6. The Morgan fingerprint density at radius 2 is 1.76 bits per heavy atom. The smallest absolute Gasteiger partial charge is 0.319 e. The maximum Gasteiger partial charge on any atom is 0.319 e. The van der Waals surface area contributed by atoms with Crippen LogP contribution < -0.4 is 10.6 Å². The van der Waals surface area contributed by atoms with E-state index in [0.29, 0.717) is 6.04 Å². The minimum atomic E-state index is -0.168. The van der Waals surface area contributed by atoms with E-state index in [2.05, 4.69) is 34.6 Å². The number of carbonyl (C=O) groups excluding carboxylic acids is 1. The van der Waals surface area contributed by atoms with Gasteiger partial charge in [-0.25, -0.2) is 4.79 Å². The summed E-state index contributed by atoms with van der Waals surface area (Å²) >= 11 is 0. The fraction of sp³-hybridized carbons (Fsp3) is 0.562. The Hall–Kier alpha value is -1.59. The second kappa shape index (κ2) is 7.43. The second-order valence-electron chi connectivity index (χ2n) is 5.70. The minimum Gasteiger partial charge on any atom is -0.379 e. The molecule has 0 bridgehead atoms. The summed E-state index contributed by atoms with van der Waals surface area (Å²) in [6.45, 7) is 9.63. The highest BCUT2D eigenvalue weighted by Gasteiger charge is 2.18. The Morgan fingerprint density at radius 3 is 2.33 bits per heavy atom. The molecule has 2 N–H and O–H groups in total. The van der Waals surface area contributed by atoms with E-state index in [1.165, 1.54) is 5.56 Å². The number of urea groups is 1. The molecule has 1 atom stereocenters. The first-order chi connectivity index (χ1) is 10.1. The molecule has 1 aliphatic heterocycles. The summed E-state index contributed by atoms with van der Waals surface area (Å²) in [6, 6.07) is 8.38. The lowest BCUT2D eigenvalue weighted by atomic mass is 10.1. The fourth-order valence-electron chi connectivity index (χ4n) is 2.45. The number of ether oxygens (including phenoxy) is 1. The summed E-state index contributed by atoms with van der Waals surface area (Å²) in [5.74, 6) is 0. The lowest BCUT2D eigenvalue weighted by Gasteiger charge is -2.32. The molecule has 5 heteroatoms. The molecule has 0 saturated carbocycles. The molecule has 1 aliphatic rings. The number of anilines is 1. The van der Waals surface area contributed by atoms with Gasteiger partial charge in [-0.15, -0.1) is 0 Å². The van der Waals surface area contributed by atoms with Crippen LogP contribution in [0.25, 0.3) is 0 Å². The Morgan fingerprint density at radius 1 is 1.14 bits per heavy atom. The van der Waals surface area contributed by atoms with E-state index in [1.807, 2.05) is 26.0 Å². The van der Waals surface area contributed by atoms with Gasteiger partial charge < -0.3 is 15.4 Å². The van der Waals surface area contributed by atoms with Crippen LogP contribution in [0, 0.1) is 0 Å². The van der Waals surface area contributed by atoms with Crippen LogP contribution in [0.2, 0.25) is 0 Å². The highest BCUT2D eigenvalue weighted by Crippen LogP contribution is 2.22. The largest absolute Gasteiger partial charge is 0.379 e. The Bertz CT molecular complexity index is 453. The lowest BCUT2D eigenvalue weighted by molar-refractivity contribution is 0.0198. The van der Waals surface area contributed by atoms with E-state index >= 15 is 0 Å². The molecular weight excluding hydrogens is 266 g/mol. The normalized spacial score (nSPS) is 17.5. The fourth-order valence-corrected chi connectivity index (χ4v) is 2.45. The SMILES string of the molecule is CC(C)NC(=O)Nc1ccc(C(C)N2CCOCC2)cc1. The average Bonchev–Trinajstić information content (AvgIpc) is 2.47. The van der Waals surface area contributed by atoms with Gasteiger partial charge in [0.2, 0.25) is 0 Å². The number of rotatable bonds is 4. The number of morpholine rings is 1. The van der Waals surface area contributed by atoms with Crippen molar-refractivity contribution >= 4 is 11.7 Å². The van der Waals surface area contributed by atoms with Gasteiger partial charge >= 0.3 is 6.03 Å². The van der Waals surface area contributed by atoms with E-state index in [9.17, 15) is 4.79 Å². The number of amides is 2. The average molecular weight is 291 g/mol. The van der Waals surface area contributed by atoms with Crippen molar-refractivity contribution in [2.24, 2.45) is 0 Å². The van der Waals surface area contributed by atoms with E-state index < -0.39 is 0 Å². The molecule has 0 aromatic heterocycles. The van der Waals surface area contributed by atoms with E-state index in [1.54, 1.807) is 0 Å². The van der Waals surface area contributed by atoms with Crippen molar-refractivity contribution in [2.75, 3.05) is 31.6 Å². The van der Waals surface area contributed by atoms with Crippen molar-refractivity contribution in [2.45, 2.75) is 32.9 Å². The number of nitrogens with zero attached hydrogens (tertiary/aromatic N) is 1. The molecular formula is C16H25N3O2. The van der Waals surface area contributed by atoms with Crippen molar-refractivity contribution in [1.29, 1.82) is 0 Å². The Kier molecular flexibility index (Phi) is 5.59. The van der Waals surface area contributed by atoms with Crippen LogP contribution in [-0.4, -0.2) is 43.3 Å². The van der Waals surface area contributed by atoms with Gasteiger partial charge in [-0.3, -0.25) is 4.90 Å². The predicted octanol–water partition coefficient (Wildman–Crippen LogP) is 2.61. The minimum absolute atomic E-state index is 0.130. The molecule has 0 radical (unpaired) electrons. The molecule has 1 saturated heterocycles. The van der Waals surface area contributed by atoms with Crippen molar-refractivity contribution in [3.05, 3.63) is 29.8 Å². The van der Waals surface area contributed by atoms with Gasteiger partial charge in [0.25, 0.3) is 0 Å². The number of hydrogen-bond acceptors (Lipinski definition) is 3. The summed E-state index contributed by atoms with van der Waals surface area (Å²) in [7, 11) is 0. The molecule has 2 amide bonds. The van der Waals surface area contributed by atoms with Crippen LogP contribution in [0.5, 0.6) is 0 Å². The highest BCUT2D eigenvalue weighted by atomic mass is 16.5. The number of carbonyl (C=O) groups is 1. The van der Waals surface area contributed by atoms with Crippen molar-refractivity contribution in [3.8, 4) is 0 Å². The first-order valence-electron chi connectivity index (χ1n) is 7.55. The van der Waals surface area contributed by atoms with Gasteiger partial charge in [0.05, 0.1) is 13.2 Å². The molecule has 1 aromatic rings.